The highest BCUT2D eigenvalue weighted by atomic mass is 16.5. The fourth-order valence-corrected chi connectivity index (χ4v) is 2.81. The number of esters is 1. The average molecular weight is 386 g/mol. The number of carbonyl (C=O) groups excluding carboxylic acids is 3. The number of ether oxygens (including phenoxy) is 2. The van der Waals surface area contributed by atoms with Gasteiger partial charge in [0.25, 0.3) is 5.91 Å². The van der Waals surface area contributed by atoms with E-state index in [1.165, 1.54) is 0 Å². The number of amides is 1. The van der Waals surface area contributed by atoms with Gasteiger partial charge in [0.1, 0.15) is 12.3 Å². The number of rotatable bonds is 10. The molecule has 7 heteroatoms. The number of ketones is 1. The minimum Gasteiger partial charge on any atom is -0.484 e. The van der Waals surface area contributed by atoms with E-state index >= 15 is 0 Å². The zero-order valence-corrected chi connectivity index (χ0v) is 16.5. The summed E-state index contributed by atoms with van der Waals surface area (Å²) in [6, 6.07) is 10.7. The Kier molecular flexibility index (Phi) is 7.80. The average Bonchev–Trinajstić information content (AvgIpc) is 2.98. The van der Waals surface area contributed by atoms with Crippen molar-refractivity contribution in [3.8, 4) is 5.75 Å². The standard InChI is InChI=1S/C21H26N2O5/c1-4-10-23-15(2)11-18(16(23)3)19(24)13-28-21(26)12-22-20(25)14-27-17-8-6-5-7-9-17/h5-9,11H,4,10,12-14H2,1-3H3,(H,22,25). The van der Waals surface area contributed by atoms with Crippen LogP contribution < -0.4 is 10.1 Å². The number of benzene rings is 1. The van der Waals surface area contributed by atoms with Crippen molar-refractivity contribution in [2.45, 2.75) is 33.7 Å². The molecule has 0 spiro atoms. The zero-order valence-electron chi connectivity index (χ0n) is 16.5. The zero-order chi connectivity index (χ0) is 20.5. The molecule has 2 aromatic rings. The van der Waals surface area contributed by atoms with Crippen LogP contribution in [0, 0.1) is 13.8 Å². The van der Waals surface area contributed by atoms with Crippen LogP contribution in [0.1, 0.15) is 35.1 Å². The Balaban J connectivity index is 1.74. The summed E-state index contributed by atoms with van der Waals surface area (Å²) in [6.45, 7) is 5.84. The van der Waals surface area contributed by atoms with Crippen molar-refractivity contribution in [3.63, 3.8) is 0 Å². The molecule has 0 saturated heterocycles. The van der Waals surface area contributed by atoms with Gasteiger partial charge in [-0.15, -0.1) is 0 Å². The fourth-order valence-electron chi connectivity index (χ4n) is 2.81. The lowest BCUT2D eigenvalue weighted by atomic mass is 10.1. The third kappa shape index (κ3) is 5.97. The van der Waals surface area contributed by atoms with Crippen molar-refractivity contribution in [1.29, 1.82) is 0 Å². The van der Waals surface area contributed by atoms with Gasteiger partial charge in [-0.1, -0.05) is 25.1 Å². The smallest absolute Gasteiger partial charge is 0.325 e. The quantitative estimate of drug-likeness (QED) is 0.501. The van der Waals surface area contributed by atoms with Crippen molar-refractivity contribution >= 4 is 17.7 Å². The van der Waals surface area contributed by atoms with E-state index in [2.05, 4.69) is 16.8 Å². The molecular weight excluding hydrogens is 360 g/mol. The highest BCUT2D eigenvalue weighted by Crippen LogP contribution is 2.16. The van der Waals surface area contributed by atoms with Crippen molar-refractivity contribution in [2.75, 3.05) is 19.8 Å². The van der Waals surface area contributed by atoms with Crippen molar-refractivity contribution in [3.05, 3.63) is 53.3 Å². The minimum atomic E-state index is -0.677. The van der Waals surface area contributed by atoms with Crippen LogP contribution in [0.4, 0.5) is 0 Å². The largest absolute Gasteiger partial charge is 0.484 e. The molecule has 0 bridgehead atoms. The summed E-state index contributed by atoms with van der Waals surface area (Å²) in [5.41, 5.74) is 2.42. The maximum absolute atomic E-state index is 12.3. The Bertz CT molecular complexity index is 827. The molecular formula is C21H26N2O5. The van der Waals surface area contributed by atoms with E-state index in [1.807, 2.05) is 26.0 Å². The monoisotopic (exact) mass is 386 g/mol. The van der Waals surface area contributed by atoms with Gasteiger partial charge in [-0.25, -0.2) is 0 Å². The number of para-hydroxylation sites is 1. The van der Waals surface area contributed by atoms with Crippen molar-refractivity contribution in [1.82, 2.24) is 9.88 Å². The molecule has 0 saturated carbocycles. The second-order valence-electron chi connectivity index (χ2n) is 6.40. The van der Waals surface area contributed by atoms with Crippen LogP contribution in [0.2, 0.25) is 0 Å². The van der Waals surface area contributed by atoms with Gasteiger partial charge in [-0.05, 0) is 38.5 Å². The Morgan fingerprint density at radius 2 is 1.79 bits per heavy atom. The molecule has 1 amide bonds. The summed E-state index contributed by atoms with van der Waals surface area (Å²) >= 11 is 0. The lowest BCUT2D eigenvalue weighted by Crippen LogP contribution is -2.34. The molecule has 28 heavy (non-hydrogen) atoms. The second kappa shape index (κ2) is 10.3. The van der Waals surface area contributed by atoms with E-state index in [0.29, 0.717) is 11.3 Å². The van der Waals surface area contributed by atoms with Gasteiger partial charge in [0, 0.05) is 23.5 Å². The molecule has 1 aromatic heterocycles. The van der Waals surface area contributed by atoms with Gasteiger partial charge in [0.15, 0.2) is 13.2 Å². The number of hydrogen-bond donors (Lipinski definition) is 1. The maximum atomic E-state index is 12.3. The Labute approximate surface area is 164 Å². The minimum absolute atomic E-state index is 0.209. The first-order chi connectivity index (χ1) is 13.4. The van der Waals surface area contributed by atoms with E-state index < -0.39 is 11.9 Å². The molecule has 1 heterocycles. The molecule has 0 aliphatic heterocycles. The van der Waals surface area contributed by atoms with E-state index in [1.54, 1.807) is 24.3 Å². The van der Waals surface area contributed by atoms with Gasteiger partial charge >= 0.3 is 5.97 Å². The van der Waals surface area contributed by atoms with E-state index in [-0.39, 0.29) is 25.5 Å². The fraction of sp³-hybridized carbons (Fsp3) is 0.381. The summed E-state index contributed by atoms with van der Waals surface area (Å²) in [5.74, 6) is -0.826. The van der Waals surface area contributed by atoms with Crippen LogP contribution in [-0.4, -0.2) is 42.0 Å². The molecule has 7 nitrogen and oxygen atoms in total. The van der Waals surface area contributed by atoms with E-state index in [9.17, 15) is 14.4 Å². The number of nitrogens with zero attached hydrogens (tertiary/aromatic N) is 1. The number of carbonyl (C=O) groups is 3. The molecule has 1 N–H and O–H groups in total. The number of aromatic nitrogens is 1. The maximum Gasteiger partial charge on any atom is 0.325 e. The molecule has 0 atom stereocenters. The summed E-state index contributed by atoms with van der Waals surface area (Å²) in [5, 5.41) is 2.40. The van der Waals surface area contributed by atoms with Crippen molar-refractivity contribution < 1.29 is 23.9 Å². The van der Waals surface area contributed by atoms with Gasteiger partial charge in [0.05, 0.1) is 0 Å². The Morgan fingerprint density at radius 1 is 1.07 bits per heavy atom. The summed E-state index contributed by atoms with van der Waals surface area (Å²) in [7, 11) is 0. The predicted octanol–water partition coefficient (Wildman–Crippen LogP) is 2.44. The van der Waals surface area contributed by atoms with Crippen LogP contribution in [-0.2, 0) is 20.9 Å². The molecule has 2 rings (SSSR count). The predicted molar refractivity (Wildman–Crippen MR) is 104 cm³/mol. The summed E-state index contributed by atoms with van der Waals surface area (Å²) in [6.07, 6.45) is 0.965. The number of Topliss-reactive ketones (excluding diaryl/α,β-unsaturated/α-hetero) is 1. The normalized spacial score (nSPS) is 10.4. The topological polar surface area (TPSA) is 86.6 Å². The second-order valence-corrected chi connectivity index (χ2v) is 6.40. The molecule has 150 valence electrons. The highest BCUT2D eigenvalue weighted by Gasteiger charge is 2.17. The van der Waals surface area contributed by atoms with Gasteiger partial charge in [-0.2, -0.15) is 0 Å². The Hall–Kier alpha value is -3.09. The summed E-state index contributed by atoms with van der Waals surface area (Å²) < 4.78 is 12.3. The third-order valence-electron chi connectivity index (χ3n) is 4.23. The van der Waals surface area contributed by atoms with E-state index in [4.69, 9.17) is 9.47 Å². The first-order valence-corrected chi connectivity index (χ1v) is 9.22. The first kappa shape index (κ1) is 21.2. The molecule has 0 aliphatic carbocycles. The highest BCUT2D eigenvalue weighted by molar-refractivity contribution is 5.99. The first-order valence-electron chi connectivity index (χ1n) is 9.22. The number of aryl methyl sites for hydroxylation is 1. The van der Waals surface area contributed by atoms with Gasteiger partial charge < -0.3 is 19.4 Å². The van der Waals surface area contributed by atoms with Crippen LogP contribution in [0.25, 0.3) is 0 Å². The van der Waals surface area contributed by atoms with Gasteiger partial charge in [0.2, 0.25) is 5.78 Å². The molecule has 0 unspecified atom stereocenters. The van der Waals surface area contributed by atoms with Crippen LogP contribution in [0.15, 0.2) is 36.4 Å². The molecule has 0 aliphatic rings. The van der Waals surface area contributed by atoms with Gasteiger partial charge in [-0.3, -0.25) is 14.4 Å². The Morgan fingerprint density at radius 3 is 2.46 bits per heavy atom. The van der Waals surface area contributed by atoms with Crippen LogP contribution in [0.5, 0.6) is 5.75 Å². The third-order valence-corrected chi connectivity index (χ3v) is 4.23. The lowest BCUT2D eigenvalue weighted by molar-refractivity contribution is -0.143. The van der Waals surface area contributed by atoms with Crippen LogP contribution >= 0.6 is 0 Å². The summed E-state index contributed by atoms with van der Waals surface area (Å²) in [4.78, 5) is 35.8. The lowest BCUT2D eigenvalue weighted by Gasteiger charge is -2.09. The molecule has 0 radical (unpaired) electrons. The molecule has 0 fully saturated rings. The number of nitrogens with one attached hydrogen (secondary N) is 1. The van der Waals surface area contributed by atoms with E-state index in [0.717, 1.165) is 24.4 Å². The SMILES string of the molecule is CCCn1c(C)cc(C(=O)COC(=O)CNC(=O)COc2ccccc2)c1C. The van der Waals surface area contributed by atoms with Crippen molar-refractivity contribution in [2.24, 2.45) is 0 Å². The number of hydrogen-bond acceptors (Lipinski definition) is 5. The molecule has 1 aromatic carbocycles. The van der Waals surface area contributed by atoms with Crippen LogP contribution in [0.3, 0.4) is 0 Å².